The fourth-order valence-corrected chi connectivity index (χ4v) is 15.1. The molecular formula is C100H98ClN21O12. The first-order valence-electron chi connectivity index (χ1n) is 43.4. The number of rotatable bonds is 32. The van der Waals surface area contributed by atoms with E-state index in [0.717, 1.165) is 110 Å². The number of benzene rings is 9. The average molecular weight is 1820 g/mol. The molecule has 17 aromatic rings. The number of hydrogen-bond donors (Lipinski definition) is 5. The van der Waals surface area contributed by atoms with Crippen LogP contribution in [-0.2, 0) is 37.5 Å². The number of nitrogens with zero attached hydrogens (tertiary/aromatic N) is 16. The third-order valence-corrected chi connectivity index (χ3v) is 22.2. The van der Waals surface area contributed by atoms with Crippen molar-refractivity contribution in [2.75, 3.05) is 92.9 Å². The zero-order valence-electron chi connectivity index (χ0n) is 74.4. The van der Waals surface area contributed by atoms with E-state index in [0.29, 0.717) is 146 Å². The maximum absolute atomic E-state index is 13.8. The maximum Gasteiger partial charge on any atom is 0.277 e. The standard InChI is InChI=1S/C30H29N5O4.C26H28N6O3.C22H20ClN5O2.C22H21N5O3/c1-38-24-10-7-21(8-11-24)19-35-27-12-9-23(29(36)32-13-4-15-34-16-14-31-20-34)18-26(27)33-28(30(35)37)22-5-3-6-25(17-22)39-2;1-34-21-5-2-4-19(16-21)24-25(32-12-14-35-15-13-32)30-22-7-6-20(17-23(22)29-24)26(33)28-8-3-10-31-11-9-27-18-31;1-30-17-5-2-4-15(12-17)20-21(23)27-18-7-6-16(13-19(18)26-20)22(29)25-8-3-10-28-11-9-24-14-28;1-30-17-5-2-4-15(12-17)20-22(29)26-18-7-6-16(13-19(18)25-20)21(28)24-8-3-10-27-11-9-23-14-27/h3,5-12,14,16-18,20H,4,13,15,19H2,1-2H3,(H,32,36);2,4-7,9,11,16-18H,3,8,10,12-15H2,1H3,(H,28,33);2,4-7,9,11-14H,3,8,10H2,1H3,(H,25,29);2,4-7,9,11-14H,3,8,10H2,1H3,(H,24,28)(H,26,29). The summed E-state index contributed by atoms with van der Waals surface area (Å²) in [6.45, 7) is 8.48. The van der Waals surface area contributed by atoms with Gasteiger partial charge in [-0.05, 0) is 165 Å². The highest BCUT2D eigenvalue weighted by Gasteiger charge is 2.24. The zero-order chi connectivity index (χ0) is 93.1. The van der Waals surface area contributed by atoms with Crippen LogP contribution in [0.1, 0.15) is 72.7 Å². The molecule has 1 aliphatic rings. The van der Waals surface area contributed by atoms with Crippen molar-refractivity contribution in [2.24, 2.45) is 0 Å². The molecule has 8 aromatic heterocycles. The van der Waals surface area contributed by atoms with Crippen molar-refractivity contribution in [3.05, 3.63) is 323 Å². The minimum Gasteiger partial charge on any atom is -0.497 e. The van der Waals surface area contributed by atoms with Gasteiger partial charge < -0.3 is 82.4 Å². The fraction of sp³-hybridized carbons (Fsp3) is 0.220. The van der Waals surface area contributed by atoms with Gasteiger partial charge in [0.25, 0.3) is 34.7 Å². The van der Waals surface area contributed by atoms with Gasteiger partial charge in [-0.1, -0.05) is 72.3 Å². The van der Waals surface area contributed by atoms with E-state index in [1.54, 1.807) is 187 Å². The van der Waals surface area contributed by atoms with Gasteiger partial charge in [0.2, 0.25) is 0 Å². The summed E-state index contributed by atoms with van der Waals surface area (Å²) in [5.41, 5.74) is 12.2. The molecule has 1 saturated heterocycles. The minimum absolute atomic E-state index is 0.125. The molecule has 33 nitrogen and oxygen atoms in total. The Morgan fingerprint density at radius 3 is 1.21 bits per heavy atom. The van der Waals surface area contributed by atoms with Crippen molar-refractivity contribution in [1.29, 1.82) is 0 Å². The van der Waals surface area contributed by atoms with Gasteiger partial charge in [-0.3, -0.25) is 28.8 Å². The molecule has 34 heteroatoms. The highest BCUT2D eigenvalue weighted by Crippen LogP contribution is 2.35. The van der Waals surface area contributed by atoms with E-state index in [1.807, 2.05) is 140 Å². The van der Waals surface area contributed by atoms with Crippen LogP contribution in [-0.4, -0.2) is 189 Å². The van der Waals surface area contributed by atoms with Crippen molar-refractivity contribution >= 4 is 85.2 Å². The van der Waals surface area contributed by atoms with Crippen LogP contribution in [0.5, 0.6) is 28.7 Å². The van der Waals surface area contributed by atoms with Gasteiger partial charge in [0.1, 0.15) is 51.5 Å². The Bertz CT molecular complexity index is 7020. The number of amides is 4. The number of imidazole rings is 4. The highest BCUT2D eigenvalue weighted by molar-refractivity contribution is 6.32. The van der Waals surface area contributed by atoms with Crippen LogP contribution in [0.3, 0.4) is 0 Å². The number of carbonyl (C=O) groups excluding carboxylic acids is 4. The molecule has 1 fully saturated rings. The number of fused-ring (bicyclic) bond motifs is 4. The summed E-state index contributed by atoms with van der Waals surface area (Å²) in [6, 6.07) is 58.2. The topological polar surface area (TPSA) is 378 Å². The van der Waals surface area contributed by atoms with Gasteiger partial charge in [-0.2, -0.15) is 0 Å². The van der Waals surface area contributed by atoms with Crippen LogP contribution < -0.4 is 61.0 Å². The van der Waals surface area contributed by atoms with Gasteiger partial charge in [0, 0.05) is 160 Å². The van der Waals surface area contributed by atoms with Gasteiger partial charge in [-0.25, -0.2) is 49.8 Å². The number of aromatic amines is 1. The number of H-pyrrole nitrogens is 1. The second kappa shape index (κ2) is 45.3. The van der Waals surface area contributed by atoms with Crippen LogP contribution in [0, 0.1) is 0 Å². The Balaban J connectivity index is 0.000000137. The molecular weight excluding hydrogens is 1720 g/mol. The maximum atomic E-state index is 13.8. The van der Waals surface area contributed by atoms with Crippen molar-refractivity contribution < 1.29 is 47.6 Å². The molecule has 0 spiro atoms. The molecule has 134 heavy (non-hydrogen) atoms. The Labute approximate surface area is 775 Å². The molecule has 4 amide bonds. The quantitative estimate of drug-likeness (QED) is 0.0244. The first-order chi connectivity index (χ1) is 65.5. The number of hydrogen-bond acceptors (Lipinski definition) is 23. The van der Waals surface area contributed by atoms with Gasteiger partial charge >= 0.3 is 0 Å². The normalized spacial score (nSPS) is 11.6. The lowest BCUT2D eigenvalue weighted by atomic mass is 10.1. The summed E-state index contributed by atoms with van der Waals surface area (Å²) in [6.07, 6.45) is 24.8. The lowest BCUT2D eigenvalue weighted by Crippen LogP contribution is -2.37. The number of morpholine rings is 1. The lowest BCUT2D eigenvalue weighted by Gasteiger charge is -2.29. The monoisotopic (exact) mass is 1820 g/mol. The summed E-state index contributed by atoms with van der Waals surface area (Å²) < 4.78 is 41.7. The highest BCUT2D eigenvalue weighted by atomic mass is 35.5. The predicted octanol–water partition coefficient (Wildman–Crippen LogP) is 13.9. The lowest BCUT2D eigenvalue weighted by molar-refractivity contribution is 0.0944. The number of nitrogens with one attached hydrogen (secondary N) is 5. The number of aryl methyl sites for hydroxylation is 4. The number of carbonyl (C=O) groups is 4. The number of aromatic nitrogens is 16. The van der Waals surface area contributed by atoms with Crippen molar-refractivity contribution in [2.45, 2.75) is 58.4 Å². The Morgan fingerprint density at radius 2 is 0.769 bits per heavy atom. The van der Waals surface area contributed by atoms with Gasteiger partial charge in [-0.15, -0.1) is 0 Å². The van der Waals surface area contributed by atoms with Crippen LogP contribution in [0.2, 0.25) is 5.15 Å². The Kier molecular flexibility index (Phi) is 31.3. The Hall–Kier alpha value is -16.3. The van der Waals surface area contributed by atoms with Gasteiger partial charge in [0.15, 0.2) is 11.0 Å². The number of methoxy groups -OCH3 is 5. The fourth-order valence-electron chi connectivity index (χ4n) is 14.8. The summed E-state index contributed by atoms with van der Waals surface area (Å²) in [5.74, 6) is 3.61. The third-order valence-electron chi connectivity index (χ3n) is 21.9. The molecule has 18 rings (SSSR count). The molecule has 1 aliphatic heterocycles. The smallest absolute Gasteiger partial charge is 0.277 e. The molecule has 0 aliphatic carbocycles. The minimum atomic E-state index is -0.299. The second-order valence-corrected chi connectivity index (χ2v) is 31.2. The van der Waals surface area contributed by atoms with Gasteiger partial charge in [0.05, 0.1) is 125 Å². The molecule has 5 N–H and O–H groups in total. The number of anilines is 1. The second-order valence-electron chi connectivity index (χ2n) is 30.9. The van der Waals surface area contributed by atoms with E-state index in [9.17, 15) is 28.8 Å². The molecule has 682 valence electrons. The first kappa shape index (κ1) is 92.4. The van der Waals surface area contributed by atoms with E-state index in [1.165, 1.54) is 0 Å². The van der Waals surface area contributed by atoms with E-state index in [4.69, 9.17) is 55.0 Å². The zero-order valence-corrected chi connectivity index (χ0v) is 75.1. The first-order valence-corrected chi connectivity index (χ1v) is 43.8. The van der Waals surface area contributed by atoms with Crippen LogP contribution in [0.4, 0.5) is 5.82 Å². The summed E-state index contributed by atoms with van der Waals surface area (Å²) in [7, 11) is 8.01. The average Bonchev–Trinajstić information content (AvgIpc) is 0.789. The molecule has 9 heterocycles. The van der Waals surface area contributed by atoms with E-state index in [-0.39, 0.29) is 46.1 Å². The van der Waals surface area contributed by atoms with Crippen LogP contribution in [0.25, 0.3) is 89.2 Å². The largest absolute Gasteiger partial charge is 0.497 e. The summed E-state index contributed by atoms with van der Waals surface area (Å²) >= 11 is 6.36. The van der Waals surface area contributed by atoms with Crippen molar-refractivity contribution in [1.82, 2.24) is 98.9 Å². The number of ether oxygens (including phenoxy) is 6. The molecule has 0 saturated carbocycles. The van der Waals surface area contributed by atoms with E-state index in [2.05, 4.69) is 66.0 Å². The van der Waals surface area contributed by atoms with E-state index < -0.39 is 0 Å². The third kappa shape index (κ3) is 24.0. The molecule has 9 aromatic carbocycles. The van der Waals surface area contributed by atoms with Crippen LogP contribution >= 0.6 is 11.6 Å². The summed E-state index contributed by atoms with van der Waals surface area (Å²) in [5, 5.41) is 12.1. The molecule has 0 radical (unpaired) electrons. The Morgan fingerprint density at radius 1 is 0.388 bits per heavy atom. The predicted molar refractivity (Wildman–Crippen MR) is 512 cm³/mol. The SMILES string of the molecule is COc1ccc(Cn2c(=O)c(-c3cccc(OC)c3)nc3cc(C(=O)NCCCn4ccnc4)ccc32)cc1.COc1cccc(-c2nc3cc(C(=O)NCCCn4ccnc4)ccc3[nH]c2=O)c1.COc1cccc(-c2nc3cc(C(=O)NCCCn4ccnc4)ccc3nc2Cl)c1.COc1cccc(-c2nc3cc(C(=O)NCCCn4ccnc4)ccc3nc2N2CCOCC2)c1. The van der Waals surface area contributed by atoms with Crippen molar-refractivity contribution in [3.8, 4) is 73.8 Å². The number of halogens is 1. The van der Waals surface area contributed by atoms with Crippen LogP contribution in [0.15, 0.2) is 279 Å². The molecule has 0 unspecified atom stereocenters. The molecule has 0 bridgehead atoms. The van der Waals surface area contributed by atoms with Crippen molar-refractivity contribution in [3.63, 3.8) is 0 Å². The molecule has 0 atom stereocenters. The summed E-state index contributed by atoms with van der Waals surface area (Å²) in [4.78, 5) is 126. The van der Waals surface area contributed by atoms with E-state index >= 15 is 0 Å².